The van der Waals surface area contributed by atoms with Crippen LogP contribution in [0.4, 0.5) is 5.69 Å². The van der Waals surface area contributed by atoms with E-state index in [0.29, 0.717) is 30.0 Å². The van der Waals surface area contributed by atoms with E-state index in [1.807, 2.05) is 30.3 Å². The van der Waals surface area contributed by atoms with Crippen molar-refractivity contribution in [2.24, 2.45) is 7.05 Å². The van der Waals surface area contributed by atoms with Gasteiger partial charge in [-0.05, 0) is 56.5 Å². The summed E-state index contributed by atoms with van der Waals surface area (Å²) in [6.45, 7) is 4.43. The lowest BCUT2D eigenvalue weighted by molar-refractivity contribution is 0.102. The van der Waals surface area contributed by atoms with Gasteiger partial charge in [-0.3, -0.25) is 14.3 Å². The fourth-order valence-electron chi connectivity index (χ4n) is 3.98. The number of carbonyl (C=O) groups is 1. The van der Waals surface area contributed by atoms with Crippen molar-refractivity contribution < 1.29 is 13.2 Å². The van der Waals surface area contributed by atoms with Gasteiger partial charge >= 0.3 is 0 Å². The molecule has 2 heterocycles. The second-order valence-corrected chi connectivity index (χ2v) is 9.89. The zero-order chi connectivity index (χ0) is 23.0. The van der Waals surface area contributed by atoms with Crippen LogP contribution in [0.3, 0.4) is 0 Å². The molecule has 1 amide bonds. The zero-order valence-corrected chi connectivity index (χ0v) is 19.1. The average Bonchev–Trinajstić information content (AvgIpc) is 3.39. The van der Waals surface area contributed by atoms with Crippen molar-refractivity contribution in [1.82, 2.24) is 13.7 Å². The molecule has 168 valence electrons. The summed E-state index contributed by atoms with van der Waals surface area (Å²) in [5, 5.41) is 2.69. The van der Waals surface area contributed by atoms with Crippen LogP contribution in [0, 0.1) is 13.8 Å². The van der Waals surface area contributed by atoms with Crippen LogP contribution in [-0.2, 0) is 17.1 Å². The van der Waals surface area contributed by atoms with Crippen molar-refractivity contribution in [2.75, 3.05) is 18.4 Å². The normalized spacial score (nSPS) is 14.6. The number of nitrogens with one attached hydrogen (secondary N) is 1. The maximum Gasteiger partial charge on any atom is 0.295 e. The third-order valence-electron chi connectivity index (χ3n) is 5.93. The fraction of sp³-hybridized carbons (Fsp3) is 0.304. The van der Waals surface area contributed by atoms with Gasteiger partial charge in [-0.1, -0.05) is 24.3 Å². The molecule has 0 saturated carbocycles. The molecule has 1 saturated heterocycles. The molecule has 9 heteroatoms. The molecule has 1 N–H and O–H groups in total. The van der Waals surface area contributed by atoms with E-state index in [-0.39, 0.29) is 21.7 Å². The third kappa shape index (κ3) is 3.78. The van der Waals surface area contributed by atoms with Gasteiger partial charge in [-0.15, -0.1) is 0 Å². The van der Waals surface area contributed by atoms with Crippen molar-refractivity contribution in [1.29, 1.82) is 0 Å². The minimum atomic E-state index is -3.67. The number of benzene rings is 2. The largest absolute Gasteiger partial charge is 0.316 e. The van der Waals surface area contributed by atoms with Crippen LogP contribution in [0.2, 0.25) is 0 Å². The first-order valence-electron chi connectivity index (χ1n) is 10.5. The number of sulfonamides is 1. The number of nitrogens with zero attached hydrogens (tertiary/aromatic N) is 3. The summed E-state index contributed by atoms with van der Waals surface area (Å²) < 4.78 is 30.7. The Morgan fingerprint density at radius 3 is 2.31 bits per heavy atom. The van der Waals surface area contributed by atoms with Crippen LogP contribution >= 0.6 is 0 Å². The van der Waals surface area contributed by atoms with Crippen LogP contribution < -0.4 is 10.9 Å². The highest BCUT2D eigenvalue weighted by Gasteiger charge is 2.29. The summed E-state index contributed by atoms with van der Waals surface area (Å²) >= 11 is 0. The molecule has 1 aliphatic rings. The number of aromatic nitrogens is 2. The van der Waals surface area contributed by atoms with Crippen molar-refractivity contribution in [3.63, 3.8) is 0 Å². The van der Waals surface area contributed by atoms with E-state index in [1.165, 1.54) is 15.1 Å². The highest BCUT2D eigenvalue weighted by atomic mass is 32.2. The Morgan fingerprint density at radius 2 is 1.66 bits per heavy atom. The van der Waals surface area contributed by atoms with Crippen molar-refractivity contribution in [2.45, 2.75) is 31.6 Å². The van der Waals surface area contributed by atoms with Crippen LogP contribution in [-0.4, -0.2) is 41.1 Å². The topological polar surface area (TPSA) is 93.4 Å². The van der Waals surface area contributed by atoms with Crippen LogP contribution in [0.5, 0.6) is 0 Å². The lowest BCUT2D eigenvalue weighted by Crippen LogP contribution is -2.29. The second kappa shape index (κ2) is 8.40. The molecule has 2 aromatic carbocycles. The van der Waals surface area contributed by atoms with Gasteiger partial charge in [-0.2, -0.15) is 4.31 Å². The molecular weight excluding hydrogens is 428 g/mol. The summed E-state index contributed by atoms with van der Waals surface area (Å²) in [5.74, 6) is -0.533. The molecule has 1 aromatic heterocycles. The molecule has 8 nitrogen and oxygen atoms in total. The smallest absolute Gasteiger partial charge is 0.295 e. The van der Waals surface area contributed by atoms with Gasteiger partial charge in [0.05, 0.1) is 16.3 Å². The van der Waals surface area contributed by atoms with E-state index < -0.39 is 15.9 Å². The molecule has 0 bridgehead atoms. The number of hydrogen-bond donors (Lipinski definition) is 1. The quantitative estimate of drug-likeness (QED) is 0.642. The molecule has 0 atom stereocenters. The first kappa shape index (κ1) is 22.0. The van der Waals surface area contributed by atoms with Crippen LogP contribution in [0.1, 0.15) is 34.5 Å². The molecule has 0 spiro atoms. The van der Waals surface area contributed by atoms with Crippen molar-refractivity contribution in [3.8, 4) is 5.69 Å². The molecule has 0 unspecified atom stereocenters. The minimum Gasteiger partial charge on any atom is -0.316 e. The Kier molecular flexibility index (Phi) is 5.79. The lowest BCUT2D eigenvalue weighted by Gasteiger charge is -2.17. The maximum atomic E-state index is 13.1. The lowest BCUT2D eigenvalue weighted by atomic mass is 10.1. The number of carbonyl (C=O) groups excluding carboxylic acids is 1. The number of amides is 1. The molecule has 4 rings (SSSR count). The zero-order valence-electron chi connectivity index (χ0n) is 18.3. The number of hydrogen-bond acceptors (Lipinski definition) is 4. The van der Waals surface area contributed by atoms with Crippen LogP contribution in [0.15, 0.2) is 58.2 Å². The van der Waals surface area contributed by atoms with E-state index >= 15 is 0 Å². The van der Waals surface area contributed by atoms with Gasteiger partial charge in [-0.25, -0.2) is 13.1 Å². The van der Waals surface area contributed by atoms with Crippen LogP contribution in [0.25, 0.3) is 5.69 Å². The highest BCUT2D eigenvalue weighted by Crippen LogP contribution is 2.25. The minimum absolute atomic E-state index is 0.124. The van der Waals surface area contributed by atoms with E-state index in [0.717, 1.165) is 12.8 Å². The van der Waals surface area contributed by atoms with E-state index in [1.54, 1.807) is 37.7 Å². The number of para-hydroxylation sites is 1. The fourth-order valence-corrected chi connectivity index (χ4v) is 5.75. The van der Waals surface area contributed by atoms with Gasteiger partial charge in [0.2, 0.25) is 10.0 Å². The Labute approximate surface area is 187 Å². The maximum absolute atomic E-state index is 13.1. The van der Waals surface area contributed by atoms with E-state index in [9.17, 15) is 18.0 Å². The van der Waals surface area contributed by atoms with E-state index in [4.69, 9.17) is 0 Å². The molecule has 1 aliphatic heterocycles. The number of aryl methyl sites for hydroxylation is 1. The highest BCUT2D eigenvalue weighted by molar-refractivity contribution is 7.89. The SMILES string of the molecule is Cc1ccc(C(=O)Nc2c(C)n(C)n(-c3ccccc3)c2=O)cc1S(=O)(=O)N1CCCC1. The molecule has 3 aromatic rings. The molecular formula is C23H26N4O4S. The van der Waals surface area contributed by atoms with Gasteiger partial charge in [0.1, 0.15) is 5.69 Å². The molecule has 1 fully saturated rings. The Morgan fingerprint density at radius 1 is 1.00 bits per heavy atom. The Balaban J connectivity index is 1.68. The summed E-state index contributed by atoms with van der Waals surface area (Å²) in [4.78, 5) is 26.2. The predicted molar refractivity (Wildman–Crippen MR) is 123 cm³/mol. The summed E-state index contributed by atoms with van der Waals surface area (Å²) in [5.41, 5.74) is 1.83. The second-order valence-electron chi connectivity index (χ2n) is 7.98. The van der Waals surface area contributed by atoms with Gasteiger partial charge < -0.3 is 5.32 Å². The summed E-state index contributed by atoms with van der Waals surface area (Å²) in [6.07, 6.45) is 1.67. The predicted octanol–water partition coefficient (Wildman–Crippen LogP) is 2.83. The first-order valence-corrected chi connectivity index (χ1v) is 11.9. The van der Waals surface area contributed by atoms with Crippen molar-refractivity contribution >= 4 is 21.6 Å². The molecule has 0 aliphatic carbocycles. The number of rotatable bonds is 5. The van der Waals surface area contributed by atoms with Gasteiger partial charge in [0.25, 0.3) is 11.5 Å². The van der Waals surface area contributed by atoms with Crippen molar-refractivity contribution in [3.05, 3.63) is 75.7 Å². The van der Waals surface area contributed by atoms with Gasteiger partial charge in [0, 0.05) is 25.7 Å². The summed E-state index contributed by atoms with van der Waals surface area (Å²) in [6, 6.07) is 13.7. The standard InChI is InChI=1S/C23H26N4O4S/c1-16-11-12-18(15-20(16)32(30,31)26-13-7-8-14-26)22(28)24-21-17(2)25(3)27(23(21)29)19-9-5-4-6-10-19/h4-6,9-12,15H,7-8,13-14H2,1-3H3,(H,24,28). The molecule has 32 heavy (non-hydrogen) atoms. The monoisotopic (exact) mass is 454 g/mol. The molecule has 0 radical (unpaired) electrons. The summed E-state index contributed by atoms with van der Waals surface area (Å²) in [7, 11) is -1.93. The number of anilines is 1. The Bertz CT molecular complexity index is 1330. The average molecular weight is 455 g/mol. The third-order valence-corrected chi connectivity index (χ3v) is 7.97. The Hall–Kier alpha value is -3.17. The van der Waals surface area contributed by atoms with E-state index in [2.05, 4.69) is 5.32 Å². The first-order chi connectivity index (χ1) is 15.2. The van der Waals surface area contributed by atoms with Gasteiger partial charge in [0.15, 0.2) is 0 Å².